The highest BCUT2D eigenvalue weighted by atomic mass is 16.6. The van der Waals surface area contributed by atoms with Crippen molar-refractivity contribution in [1.82, 2.24) is 16.0 Å². The van der Waals surface area contributed by atoms with Gasteiger partial charge in [0, 0.05) is 12.5 Å². The maximum Gasteiger partial charge on any atom is 0.414 e. The first-order valence-corrected chi connectivity index (χ1v) is 11.8. The number of carbonyl (C=O) groups excluding carboxylic acids is 4. The normalized spacial score (nSPS) is 12.8. The monoisotopic (exact) mass is 500 g/mol. The van der Waals surface area contributed by atoms with Gasteiger partial charge in [0.2, 0.25) is 5.96 Å². The van der Waals surface area contributed by atoms with E-state index in [9.17, 15) is 19.2 Å². The zero-order valence-electron chi connectivity index (χ0n) is 23.1. The number of guanidine groups is 1. The van der Waals surface area contributed by atoms with Crippen LogP contribution in [0, 0.1) is 5.92 Å². The number of nitrogens with one attached hydrogen (secondary N) is 3. The molecule has 11 nitrogen and oxygen atoms in total. The fourth-order valence-electron chi connectivity index (χ4n) is 2.53. The molecule has 0 aromatic heterocycles. The zero-order valence-corrected chi connectivity index (χ0v) is 23.1. The van der Waals surface area contributed by atoms with E-state index in [1.165, 1.54) is 0 Å². The van der Waals surface area contributed by atoms with Crippen LogP contribution in [0.15, 0.2) is 4.99 Å². The first-order valence-electron chi connectivity index (χ1n) is 11.8. The van der Waals surface area contributed by atoms with Crippen LogP contribution in [0.3, 0.4) is 0 Å². The number of rotatable bonds is 7. The van der Waals surface area contributed by atoms with Crippen molar-refractivity contribution in [2.24, 2.45) is 10.9 Å². The Morgan fingerprint density at radius 2 is 1.11 bits per heavy atom. The minimum Gasteiger partial charge on any atom is -0.444 e. The highest BCUT2D eigenvalue weighted by molar-refractivity contribution is 6.01. The van der Waals surface area contributed by atoms with E-state index in [4.69, 9.17) is 14.2 Å². The number of Topliss-reactive ketones (excluding diaryl/α,β-unsaturated/α-hetero) is 1. The van der Waals surface area contributed by atoms with Crippen LogP contribution in [0.1, 0.15) is 89.0 Å². The number of carbonyl (C=O) groups is 4. The molecule has 0 spiro atoms. The highest BCUT2D eigenvalue weighted by Gasteiger charge is 2.26. The van der Waals surface area contributed by atoms with Crippen molar-refractivity contribution in [2.75, 3.05) is 6.54 Å². The molecule has 0 radical (unpaired) electrons. The van der Waals surface area contributed by atoms with Crippen LogP contribution in [0.25, 0.3) is 0 Å². The first kappa shape index (κ1) is 32.1. The smallest absolute Gasteiger partial charge is 0.414 e. The largest absolute Gasteiger partial charge is 0.444 e. The highest BCUT2D eigenvalue weighted by Crippen LogP contribution is 2.11. The summed E-state index contributed by atoms with van der Waals surface area (Å²) in [5, 5.41) is 7.42. The van der Waals surface area contributed by atoms with Gasteiger partial charge in [-0.25, -0.2) is 14.4 Å². The van der Waals surface area contributed by atoms with Crippen molar-refractivity contribution < 1.29 is 33.4 Å². The molecule has 0 bridgehead atoms. The molecule has 3 amide bonds. The van der Waals surface area contributed by atoms with Gasteiger partial charge >= 0.3 is 18.3 Å². The lowest BCUT2D eigenvalue weighted by atomic mass is 9.98. The Balaban J connectivity index is 5.32. The molecule has 11 heteroatoms. The number of ether oxygens (including phenoxy) is 3. The average Bonchev–Trinajstić information content (AvgIpc) is 2.58. The van der Waals surface area contributed by atoms with Crippen molar-refractivity contribution >= 4 is 30.0 Å². The molecule has 0 aliphatic rings. The van der Waals surface area contributed by atoms with E-state index < -0.39 is 41.1 Å². The van der Waals surface area contributed by atoms with E-state index >= 15 is 0 Å². The Morgan fingerprint density at radius 1 is 0.714 bits per heavy atom. The maximum atomic E-state index is 12.6. The van der Waals surface area contributed by atoms with Gasteiger partial charge in [-0.15, -0.1) is 0 Å². The van der Waals surface area contributed by atoms with Gasteiger partial charge in [0.05, 0.1) is 6.04 Å². The van der Waals surface area contributed by atoms with E-state index in [0.717, 1.165) is 0 Å². The minimum atomic E-state index is -0.799. The maximum absolute atomic E-state index is 12.6. The predicted molar refractivity (Wildman–Crippen MR) is 133 cm³/mol. The molecule has 0 fully saturated rings. The second kappa shape index (κ2) is 13.3. The predicted octanol–water partition coefficient (Wildman–Crippen LogP) is 4.29. The van der Waals surface area contributed by atoms with E-state index in [0.29, 0.717) is 6.42 Å². The van der Waals surface area contributed by atoms with Gasteiger partial charge in [-0.05, 0) is 75.2 Å². The Kier molecular flexibility index (Phi) is 12.2. The number of ketones is 1. The third kappa shape index (κ3) is 17.3. The van der Waals surface area contributed by atoms with Gasteiger partial charge in [0.25, 0.3) is 0 Å². The summed E-state index contributed by atoms with van der Waals surface area (Å²) in [6.45, 7) is 19.0. The molecule has 3 N–H and O–H groups in total. The van der Waals surface area contributed by atoms with E-state index in [1.807, 2.05) is 0 Å². The van der Waals surface area contributed by atoms with Crippen molar-refractivity contribution in [3.63, 3.8) is 0 Å². The van der Waals surface area contributed by atoms with Crippen LogP contribution in [-0.2, 0) is 19.0 Å². The zero-order chi connectivity index (χ0) is 27.6. The molecule has 202 valence electrons. The number of amides is 3. The summed E-state index contributed by atoms with van der Waals surface area (Å²) in [7, 11) is 0. The minimum absolute atomic E-state index is 0.138. The Morgan fingerprint density at radius 3 is 1.49 bits per heavy atom. The van der Waals surface area contributed by atoms with Crippen LogP contribution < -0.4 is 16.0 Å². The van der Waals surface area contributed by atoms with E-state index in [1.54, 1.807) is 76.2 Å². The molecular formula is C24H44N4O7. The lowest BCUT2D eigenvalue weighted by Crippen LogP contribution is -2.47. The van der Waals surface area contributed by atoms with Crippen LogP contribution >= 0.6 is 0 Å². The summed E-state index contributed by atoms with van der Waals surface area (Å²) in [6.07, 6.45) is -1.63. The van der Waals surface area contributed by atoms with Crippen molar-refractivity contribution in [3.05, 3.63) is 0 Å². The molecule has 0 unspecified atom stereocenters. The summed E-state index contributed by atoms with van der Waals surface area (Å²) in [6, 6.07) is -0.763. The van der Waals surface area contributed by atoms with Crippen molar-refractivity contribution in [2.45, 2.75) is 112 Å². The summed E-state index contributed by atoms with van der Waals surface area (Å²) >= 11 is 0. The van der Waals surface area contributed by atoms with Gasteiger partial charge in [-0.1, -0.05) is 13.8 Å². The Hall–Kier alpha value is -2.85. The number of alkyl carbamates (subject to hydrolysis) is 3. The van der Waals surface area contributed by atoms with Gasteiger partial charge in [-0.3, -0.25) is 20.4 Å². The summed E-state index contributed by atoms with van der Waals surface area (Å²) < 4.78 is 15.7. The van der Waals surface area contributed by atoms with Crippen molar-refractivity contribution in [3.8, 4) is 0 Å². The van der Waals surface area contributed by atoms with Crippen LogP contribution in [-0.4, -0.2) is 59.4 Å². The molecular weight excluding hydrogens is 456 g/mol. The van der Waals surface area contributed by atoms with Crippen LogP contribution in [0.4, 0.5) is 14.4 Å². The van der Waals surface area contributed by atoms with Gasteiger partial charge in [0.1, 0.15) is 16.8 Å². The molecule has 0 saturated carbocycles. The first-order chi connectivity index (χ1) is 15.7. The molecule has 0 rings (SSSR count). The third-order valence-electron chi connectivity index (χ3n) is 3.76. The summed E-state index contributed by atoms with van der Waals surface area (Å²) in [5.41, 5.74) is -2.20. The fourth-order valence-corrected chi connectivity index (χ4v) is 2.53. The molecule has 0 aliphatic heterocycles. The lowest BCUT2D eigenvalue weighted by Gasteiger charge is -2.24. The lowest BCUT2D eigenvalue weighted by molar-refractivity contribution is -0.124. The van der Waals surface area contributed by atoms with Gasteiger partial charge in [0.15, 0.2) is 5.78 Å². The molecule has 0 aromatic carbocycles. The molecule has 0 heterocycles. The number of hydrogen-bond acceptors (Lipinski definition) is 8. The summed E-state index contributed by atoms with van der Waals surface area (Å²) in [4.78, 5) is 53.3. The second-order valence-corrected chi connectivity index (χ2v) is 11.4. The number of hydrogen-bond donors (Lipinski definition) is 3. The SMILES string of the molecule is CC(C)C(=O)[C@H](CCCN=C(NC(=O)OC(C)(C)C)NC(=O)OC(C)(C)C)NC(=O)OC(C)(C)C. The molecule has 0 aromatic rings. The Bertz CT molecular complexity index is 740. The molecule has 35 heavy (non-hydrogen) atoms. The fraction of sp³-hybridized carbons (Fsp3) is 0.792. The van der Waals surface area contributed by atoms with E-state index in [2.05, 4.69) is 20.9 Å². The Labute approximate surface area is 209 Å². The molecule has 0 saturated heterocycles. The standard InChI is InChI=1S/C24H44N4O7/c1-15(2)17(29)16(26-19(30)33-22(3,4)5)13-12-14-25-18(27-20(31)34-23(6,7)8)28-21(32)35-24(9,10)11/h15-16H,12-14H2,1-11H3,(H,26,30)(H2,25,27,28,31,32)/t16-/m0/s1. The average molecular weight is 501 g/mol. The number of aliphatic imine (C=N–C) groups is 1. The third-order valence-corrected chi connectivity index (χ3v) is 3.76. The van der Waals surface area contributed by atoms with Crippen LogP contribution in [0.2, 0.25) is 0 Å². The van der Waals surface area contributed by atoms with E-state index in [-0.39, 0.29) is 30.6 Å². The summed E-state index contributed by atoms with van der Waals surface area (Å²) in [5.74, 6) is -0.587. The second-order valence-electron chi connectivity index (χ2n) is 11.4. The van der Waals surface area contributed by atoms with Crippen LogP contribution in [0.5, 0.6) is 0 Å². The molecule has 1 atom stereocenters. The topological polar surface area (TPSA) is 144 Å². The van der Waals surface area contributed by atoms with Gasteiger partial charge in [-0.2, -0.15) is 0 Å². The van der Waals surface area contributed by atoms with Gasteiger partial charge < -0.3 is 19.5 Å². The molecule has 0 aliphatic carbocycles. The van der Waals surface area contributed by atoms with Crippen molar-refractivity contribution in [1.29, 1.82) is 0 Å². The number of nitrogens with zero attached hydrogens (tertiary/aromatic N) is 1. The quantitative estimate of drug-likeness (QED) is 0.205.